The number of carboxylic acid groups (broad SMARTS) is 1. The number of nitrogens with zero attached hydrogens (tertiary/aromatic N) is 2. The summed E-state index contributed by atoms with van der Waals surface area (Å²) in [5.74, 6) is -1.02. The fraction of sp³-hybridized carbons (Fsp3) is 0.833. The Morgan fingerprint density at radius 2 is 1.89 bits per heavy atom. The zero-order valence-corrected chi connectivity index (χ0v) is 10.8. The second-order valence-electron chi connectivity index (χ2n) is 5.13. The molecule has 2 fully saturated rings. The molecule has 1 atom stereocenters. The topological polar surface area (TPSA) is 72.9 Å². The number of carbonyl (C=O) groups excluding carboxylic acids is 1. The van der Waals surface area contributed by atoms with E-state index >= 15 is 0 Å². The molecule has 2 rings (SSSR count). The molecule has 0 aromatic carbocycles. The highest BCUT2D eigenvalue weighted by Gasteiger charge is 2.31. The van der Waals surface area contributed by atoms with Crippen molar-refractivity contribution in [3.05, 3.63) is 0 Å². The summed E-state index contributed by atoms with van der Waals surface area (Å²) in [5.41, 5.74) is 0. The molecule has 6 nitrogen and oxygen atoms in total. The number of piperazine rings is 1. The summed E-state index contributed by atoms with van der Waals surface area (Å²) in [6.07, 6.45) is 1.14. The first-order valence-corrected chi connectivity index (χ1v) is 6.58. The van der Waals surface area contributed by atoms with E-state index in [-0.39, 0.29) is 18.0 Å². The number of carbonyl (C=O) groups is 2. The molecule has 2 heterocycles. The van der Waals surface area contributed by atoms with E-state index in [1.807, 2.05) is 11.8 Å². The number of nitrogens with one attached hydrogen (secondary N) is 1. The van der Waals surface area contributed by atoms with Crippen molar-refractivity contribution in [2.45, 2.75) is 25.8 Å². The number of carboxylic acids is 1. The van der Waals surface area contributed by atoms with E-state index in [0.29, 0.717) is 25.9 Å². The fourth-order valence-corrected chi connectivity index (χ4v) is 2.62. The average Bonchev–Trinajstić information content (AvgIpc) is 2.38. The van der Waals surface area contributed by atoms with Crippen molar-refractivity contribution < 1.29 is 14.7 Å². The number of likely N-dealkylation sites (tertiary alicyclic amines) is 1. The van der Waals surface area contributed by atoms with Gasteiger partial charge < -0.3 is 20.2 Å². The normalized spacial score (nSPS) is 26.2. The van der Waals surface area contributed by atoms with Gasteiger partial charge in [-0.2, -0.15) is 0 Å². The van der Waals surface area contributed by atoms with E-state index in [0.717, 1.165) is 19.6 Å². The highest BCUT2D eigenvalue weighted by molar-refractivity contribution is 5.76. The Hall–Kier alpha value is -1.30. The van der Waals surface area contributed by atoms with Crippen LogP contribution in [0.15, 0.2) is 0 Å². The summed E-state index contributed by atoms with van der Waals surface area (Å²) >= 11 is 0. The molecule has 1 unspecified atom stereocenters. The molecule has 6 heteroatoms. The van der Waals surface area contributed by atoms with E-state index in [4.69, 9.17) is 5.11 Å². The van der Waals surface area contributed by atoms with Crippen molar-refractivity contribution in [3.63, 3.8) is 0 Å². The molecule has 0 aromatic rings. The summed E-state index contributed by atoms with van der Waals surface area (Å²) in [6.45, 7) is 5.56. The van der Waals surface area contributed by atoms with Crippen LogP contribution < -0.4 is 5.32 Å². The highest BCUT2D eigenvalue weighted by Crippen LogP contribution is 2.19. The molecule has 102 valence electrons. The molecular weight excluding hydrogens is 234 g/mol. The Labute approximate surface area is 107 Å². The largest absolute Gasteiger partial charge is 0.481 e. The lowest BCUT2D eigenvalue weighted by atomic mass is 9.97. The van der Waals surface area contributed by atoms with Crippen LogP contribution in [0, 0.1) is 5.92 Å². The van der Waals surface area contributed by atoms with Crippen LogP contribution in [0.1, 0.15) is 19.8 Å². The summed E-state index contributed by atoms with van der Waals surface area (Å²) < 4.78 is 0. The number of hydrogen-bond acceptors (Lipinski definition) is 3. The maximum absolute atomic E-state index is 12.3. The molecule has 2 aliphatic rings. The molecule has 0 radical (unpaired) electrons. The third-order valence-electron chi connectivity index (χ3n) is 3.86. The SMILES string of the molecule is CC1CNCCN1C(=O)N1CCC(C(=O)O)CC1. The van der Waals surface area contributed by atoms with Gasteiger partial charge in [0.25, 0.3) is 0 Å². The number of rotatable bonds is 1. The van der Waals surface area contributed by atoms with Crippen molar-refractivity contribution >= 4 is 12.0 Å². The van der Waals surface area contributed by atoms with E-state index in [1.165, 1.54) is 0 Å². The minimum absolute atomic E-state index is 0.0628. The van der Waals surface area contributed by atoms with E-state index in [9.17, 15) is 9.59 Å². The van der Waals surface area contributed by atoms with Gasteiger partial charge >= 0.3 is 12.0 Å². The first-order chi connectivity index (χ1) is 8.59. The molecule has 0 aliphatic carbocycles. The van der Waals surface area contributed by atoms with Crippen LogP contribution in [0.5, 0.6) is 0 Å². The lowest BCUT2D eigenvalue weighted by Crippen LogP contribution is -2.57. The summed E-state index contributed by atoms with van der Waals surface area (Å²) in [7, 11) is 0. The van der Waals surface area contributed by atoms with Crippen molar-refractivity contribution in [2.24, 2.45) is 5.92 Å². The zero-order chi connectivity index (χ0) is 13.1. The van der Waals surface area contributed by atoms with Gasteiger partial charge in [0.15, 0.2) is 0 Å². The Bertz CT molecular complexity index is 327. The lowest BCUT2D eigenvalue weighted by molar-refractivity contribution is -0.143. The van der Waals surface area contributed by atoms with E-state index in [1.54, 1.807) is 4.90 Å². The van der Waals surface area contributed by atoms with E-state index in [2.05, 4.69) is 5.32 Å². The molecule has 18 heavy (non-hydrogen) atoms. The summed E-state index contributed by atoms with van der Waals surface area (Å²) in [4.78, 5) is 26.9. The van der Waals surface area contributed by atoms with Gasteiger partial charge in [-0.25, -0.2) is 4.79 Å². The van der Waals surface area contributed by atoms with Gasteiger partial charge in [0.05, 0.1) is 5.92 Å². The number of hydrogen-bond donors (Lipinski definition) is 2. The Morgan fingerprint density at radius 3 is 2.44 bits per heavy atom. The molecule has 0 aromatic heterocycles. The van der Waals surface area contributed by atoms with Crippen molar-refractivity contribution in [1.82, 2.24) is 15.1 Å². The second kappa shape index (κ2) is 5.56. The maximum atomic E-state index is 12.3. The van der Waals surface area contributed by atoms with Crippen molar-refractivity contribution in [1.29, 1.82) is 0 Å². The number of aliphatic carboxylic acids is 1. The van der Waals surface area contributed by atoms with Gasteiger partial charge in [-0.3, -0.25) is 4.79 Å². The third kappa shape index (κ3) is 2.75. The molecule has 2 aliphatic heterocycles. The van der Waals surface area contributed by atoms with Crippen LogP contribution in [0.4, 0.5) is 4.79 Å². The first-order valence-electron chi connectivity index (χ1n) is 6.58. The fourth-order valence-electron chi connectivity index (χ4n) is 2.62. The van der Waals surface area contributed by atoms with Gasteiger partial charge in [-0.05, 0) is 19.8 Å². The van der Waals surface area contributed by atoms with Crippen molar-refractivity contribution in [2.75, 3.05) is 32.7 Å². The smallest absolute Gasteiger partial charge is 0.320 e. The standard InChI is InChI=1S/C12H21N3O3/c1-9-8-13-4-7-15(9)12(18)14-5-2-10(3-6-14)11(16)17/h9-10,13H,2-8H2,1H3,(H,16,17). The van der Waals surface area contributed by atoms with Crippen LogP contribution in [0.2, 0.25) is 0 Å². The minimum Gasteiger partial charge on any atom is -0.481 e. The molecule has 2 saturated heterocycles. The van der Waals surface area contributed by atoms with Gasteiger partial charge in [-0.1, -0.05) is 0 Å². The number of urea groups is 1. The highest BCUT2D eigenvalue weighted by atomic mass is 16.4. The quantitative estimate of drug-likeness (QED) is 0.702. The molecule has 0 bridgehead atoms. The van der Waals surface area contributed by atoms with Crippen LogP contribution in [-0.2, 0) is 4.79 Å². The Morgan fingerprint density at radius 1 is 1.22 bits per heavy atom. The predicted molar refractivity (Wildman–Crippen MR) is 66.4 cm³/mol. The van der Waals surface area contributed by atoms with Crippen LogP contribution in [0.3, 0.4) is 0 Å². The first kappa shape index (κ1) is 13.1. The Balaban J connectivity index is 1.88. The van der Waals surface area contributed by atoms with Crippen LogP contribution in [-0.4, -0.2) is 65.7 Å². The van der Waals surface area contributed by atoms with Crippen molar-refractivity contribution in [3.8, 4) is 0 Å². The summed E-state index contributed by atoms with van der Waals surface area (Å²) in [6, 6.07) is 0.274. The molecule has 2 amide bonds. The number of piperidine rings is 1. The second-order valence-corrected chi connectivity index (χ2v) is 5.13. The van der Waals surface area contributed by atoms with Crippen LogP contribution >= 0.6 is 0 Å². The lowest BCUT2D eigenvalue weighted by Gasteiger charge is -2.39. The number of amides is 2. The molecule has 2 N–H and O–H groups in total. The predicted octanol–water partition coefficient (Wildman–Crippen LogP) is 0.197. The van der Waals surface area contributed by atoms with E-state index < -0.39 is 5.97 Å². The maximum Gasteiger partial charge on any atom is 0.320 e. The zero-order valence-electron chi connectivity index (χ0n) is 10.8. The van der Waals surface area contributed by atoms with Gasteiger partial charge in [0, 0.05) is 38.8 Å². The third-order valence-corrected chi connectivity index (χ3v) is 3.86. The monoisotopic (exact) mass is 255 g/mol. The molecule has 0 saturated carbocycles. The van der Waals surface area contributed by atoms with Gasteiger partial charge in [0.1, 0.15) is 0 Å². The summed E-state index contributed by atoms with van der Waals surface area (Å²) in [5, 5.41) is 12.2. The van der Waals surface area contributed by atoms with Gasteiger partial charge in [-0.15, -0.1) is 0 Å². The average molecular weight is 255 g/mol. The molecule has 0 spiro atoms. The Kier molecular flexibility index (Phi) is 4.06. The van der Waals surface area contributed by atoms with Gasteiger partial charge in [0.2, 0.25) is 0 Å². The minimum atomic E-state index is -0.738. The van der Waals surface area contributed by atoms with Crippen LogP contribution in [0.25, 0.3) is 0 Å². The molecular formula is C12H21N3O3.